The number of ketones is 1. The Morgan fingerprint density at radius 3 is 2.22 bits per heavy atom. The van der Waals surface area contributed by atoms with E-state index in [1.165, 1.54) is 6.92 Å². The molecular formula is C22H21N3O2. The molecule has 0 atom stereocenters. The Hall–Kier alpha value is -3.47. The third-order valence-corrected chi connectivity index (χ3v) is 4.22. The number of carbonyl (C=O) groups excluding carboxylic acids is 2. The van der Waals surface area contributed by atoms with Crippen molar-refractivity contribution in [3.8, 4) is 0 Å². The van der Waals surface area contributed by atoms with Gasteiger partial charge in [0.15, 0.2) is 5.78 Å². The van der Waals surface area contributed by atoms with Gasteiger partial charge < -0.3 is 10.6 Å². The van der Waals surface area contributed by atoms with Crippen molar-refractivity contribution in [2.45, 2.75) is 20.8 Å². The highest BCUT2D eigenvalue weighted by Gasteiger charge is 2.09. The summed E-state index contributed by atoms with van der Waals surface area (Å²) in [5, 5.41) is 6.10. The second kappa shape index (κ2) is 7.83. The predicted octanol–water partition coefficient (Wildman–Crippen LogP) is 4.90. The van der Waals surface area contributed by atoms with Crippen LogP contribution >= 0.6 is 0 Å². The van der Waals surface area contributed by atoms with Crippen LogP contribution in [0, 0.1) is 13.8 Å². The number of benzene rings is 2. The minimum atomic E-state index is -0.249. The van der Waals surface area contributed by atoms with Crippen LogP contribution in [0.2, 0.25) is 0 Å². The summed E-state index contributed by atoms with van der Waals surface area (Å²) in [6.07, 6.45) is 1.61. The summed E-state index contributed by atoms with van der Waals surface area (Å²) in [5.74, 6) is -0.219. The molecule has 3 aromatic rings. The van der Waals surface area contributed by atoms with Crippen LogP contribution in [0.3, 0.4) is 0 Å². The molecule has 136 valence electrons. The Kier molecular flexibility index (Phi) is 5.31. The summed E-state index contributed by atoms with van der Waals surface area (Å²) < 4.78 is 0. The van der Waals surface area contributed by atoms with Crippen LogP contribution in [0.5, 0.6) is 0 Å². The van der Waals surface area contributed by atoms with Gasteiger partial charge in [0.1, 0.15) is 5.69 Å². The van der Waals surface area contributed by atoms with Crippen molar-refractivity contribution in [1.82, 2.24) is 4.98 Å². The maximum atomic E-state index is 12.4. The zero-order chi connectivity index (χ0) is 19.4. The topological polar surface area (TPSA) is 71.1 Å². The van der Waals surface area contributed by atoms with Crippen LogP contribution < -0.4 is 10.6 Å². The van der Waals surface area contributed by atoms with E-state index in [-0.39, 0.29) is 11.7 Å². The minimum absolute atomic E-state index is 0.0300. The van der Waals surface area contributed by atoms with E-state index in [0.717, 1.165) is 28.2 Å². The molecule has 2 aromatic carbocycles. The van der Waals surface area contributed by atoms with Crippen LogP contribution in [0.15, 0.2) is 60.8 Å². The lowest BCUT2D eigenvalue weighted by atomic mass is 10.1. The van der Waals surface area contributed by atoms with E-state index in [4.69, 9.17) is 0 Å². The molecule has 0 saturated carbocycles. The first-order chi connectivity index (χ1) is 12.9. The van der Waals surface area contributed by atoms with Crippen molar-refractivity contribution in [2.24, 2.45) is 0 Å². The summed E-state index contributed by atoms with van der Waals surface area (Å²) in [6, 6.07) is 16.6. The normalized spacial score (nSPS) is 10.3. The standard InChI is InChI=1S/C22H21N3O2/c1-14-4-5-15(2)21(12-14)25-22(27)20-11-10-19(13-23-20)24-18-8-6-17(7-9-18)16(3)26/h4-13,24H,1-3H3,(H,25,27). The van der Waals surface area contributed by atoms with Gasteiger partial charge in [0.05, 0.1) is 11.9 Å². The lowest BCUT2D eigenvalue weighted by Gasteiger charge is -2.10. The number of aromatic nitrogens is 1. The molecule has 0 fully saturated rings. The Morgan fingerprint density at radius 2 is 1.59 bits per heavy atom. The maximum absolute atomic E-state index is 12.4. The van der Waals surface area contributed by atoms with Crippen LogP contribution in [0.1, 0.15) is 38.9 Å². The highest BCUT2D eigenvalue weighted by molar-refractivity contribution is 6.03. The number of nitrogens with one attached hydrogen (secondary N) is 2. The van der Waals surface area contributed by atoms with Crippen molar-refractivity contribution < 1.29 is 9.59 Å². The monoisotopic (exact) mass is 359 g/mol. The summed E-state index contributed by atoms with van der Waals surface area (Å²) >= 11 is 0. The number of amides is 1. The van der Waals surface area contributed by atoms with Crippen molar-refractivity contribution in [3.63, 3.8) is 0 Å². The first kappa shape index (κ1) is 18.3. The second-order valence-corrected chi connectivity index (χ2v) is 6.46. The Balaban J connectivity index is 1.68. The Labute approximate surface area is 158 Å². The number of hydrogen-bond donors (Lipinski definition) is 2. The fraction of sp³-hybridized carbons (Fsp3) is 0.136. The predicted molar refractivity (Wildman–Crippen MR) is 108 cm³/mol. The number of anilines is 3. The average Bonchev–Trinajstić information content (AvgIpc) is 2.65. The van der Waals surface area contributed by atoms with E-state index < -0.39 is 0 Å². The van der Waals surface area contributed by atoms with Gasteiger partial charge in [-0.15, -0.1) is 0 Å². The minimum Gasteiger partial charge on any atom is -0.354 e. The molecule has 1 heterocycles. The third kappa shape index (κ3) is 4.58. The molecule has 27 heavy (non-hydrogen) atoms. The average molecular weight is 359 g/mol. The number of pyridine rings is 1. The molecule has 3 rings (SSSR count). The maximum Gasteiger partial charge on any atom is 0.274 e. The molecule has 0 unspecified atom stereocenters. The van der Waals surface area contributed by atoms with E-state index >= 15 is 0 Å². The van der Waals surface area contributed by atoms with Gasteiger partial charge in [-0.2, -0.15) is 0 Å². The van der Waals surface area contributed by atoms with Gasteiger partial charge in [-0.25, -0.2) is 4.98 Å². The number of nitrogens with zero attached hydrogens (tertiary/aromatic N) is 1. The summed E-state index contributed by atoms with van der Waals surface area (Å²) in [7, 11) is 0. The molecule has 0 aliphatic heterocycles. The lowest BCUT2D eigenvalue weighted by Crippen LogP contribution is -2.14. The molecule has 0 bridgehead atoms. The molecule has 2 N–H and O–H groups in total. The molecular weight excluding hydrogens is 338 g/mol. The molecule has 0 saturated heterocycles. The van der Waals surface area contributed by atoms with Crippen molar-refractivity contribution >= 4 is 28.8 Å². The van der Waals surface area contributed by atoms with E-state index in [2.05, 4.69) is 15.6 Å². The SMILES string of the molecule is CC(=O)c1ccc(Nc2ccc(C(=O)Nc3cc(C)ccc3C)nc2)cc1. The van der Waals surface area contributed by atoms with Gasteiger partial charge in [0, 0.05) is 16.9 Å². The first-order valence-corrected chi connectivity index (χ1v) is 8.65. The van der Waals surface area contributed by atoms with Gasteiger partial charge in [0.25, 0.3) is 5.91 Å². The number of Topliss-reactive ketones (excluding diaryl/α,β-unsaturated/α-hetero) is 1. The quantitative estimate of drug-likeness (QED) is 0.636. The van der Waals surface area contributed by atoms with Gasteiger partial charge in [-0.1, -0.05) is 12.1 Å². The fourth-order valence-corrected chi connectivity index (χ4v) is 2.61. The van der Waals surface area contributed by atoms with Crippen LogP contribution in [-0.4, -0.2) is 16.7 Å². The van der Waals surface area contributed by atoms with E-state index in [9.17, 15) is 9.59 Å². The summed E-state index contributed by atoms with van der Waals surface area (Å²) in [4.78, 5) is 28.0. The molecule has 0 aliphatic rings. The lowest BCUT2D eigenvalue weighted by molar-refractivity contribution is 0.101. The molecule has 5 heteroatoms. The number of hydrogen-bond acceptors (Lipinski definition) is 4. The molecule has 0 spiro atoms. The largest absolute Gasteiger partial charge is 0.354 e. The summed E-state index contributed by atoms with van der Waals surface area (Å²) in [6.45, 7) is 5.47. The van der Waals surface area contributed by atoms with Gasteiger partial charge in [-0.3, -0.25) is 9.59 Å². The first-order valence-electron chi connectivity index (χ1n) is 8.65. The van der Waals surface area contributed by atoms with Crippen LogP contribution in [0.25, 0.3) is 0 Å². The van der Waals surface area contributed by atoms with Crippen molar-refractivity contribution in [1.29, 1.82) is 0 Å². The number of rotatable bonds is 5. The molecule has 0 radical (unpaired) electrons. The molecule has 0 aliphatic carbocycles. The Morgan fingerprint density at radius 1 is 0.889 bits per heavy atom. The van der Waals surface area contributed by atoms with E-state index in [1.807, 2.05) is 44.2 Å². The highest BCUT2D eigenvalue weighted by Crippen LogP contribution is 2.19. The molecule has 1 amide bonds. The highest BCUT2D eigenvalue weighted by atomic mass is 16.2. The van der Waals surface area contributed by atoms with Crippen LogP contribution in [-0.2, 0) is 0 Å². The van der Waals surface area contributed by atoms with Crippen LogP contribution in [0.4, 0.5) is 17.1 Å². The molecule has 5 nitrogen and oxygen atoms in total. The number of aryl methyl sites for hydroxylation is 2. The smallest absolute Gasteiger partial charge is 0.274 e. The zero-order valence-electron chi connectivity index (χ0n) is 15.5. The van der Waals surface area contributed by atoms with Gasteiger partial charge in [0.2, 0.25) is 0 Å². The van der Waals surface area contributed by atoms with E-state index in [1.54, 1.807) is 30.5 Å². The zero-order valence-corrected chi connectivity index (χ0v) is 15.5. The number of carbonyl (C=O) groups is 2. The second-order valence-electron chi connectivity index (χ2n) is 6.46. The van der Waals surface area contributed by atoms with Gasteiger partial charge in [-0.05, 0) is 74.4 Å². The Bertz CT molecular complexity index is 977. The fourth-order valence-electron chi connectivity index (χ4n) is 2.61. The van der Waals surface area contributed by atoms with Gasteiger partial charge >= 0.3 is 0 Å². The van der Waals surface area contributed by atoms with Crippen molar-refractivity contribution in [3.05, 3.63) is 83.2 Å². The van der Waals surface area contributed by atoms with Crippen molar-refractivity contribution in [2.75, 3.05) is 10.6 Å². The molecule has 1 aromatic heterocycles. The summed E-state index contributed by atoms with van der Waals surface area (Å²) in [5.41, 5.74) is 5.48. The third-order valence-electron chi connectivity index (χ3n) is 4.22. The van der Waals surface area contributed by atoms with E-state index in [0.29, 0.717) is 11.3 Å².